The van der Waals surface area contributed by atoms with Gasteiger partial charge in [0.1, 0.15) is 0 Å². The molecule has 1 heteroatoms. The smallest absolute Gasteiger partial charge is 0.0320 e. The zero-order valence-electron chi connectivity index (χ0n) is 7.28. The molecule has 1 aliphatic carbocycles. The molecule has 1 unspecified atom stereocenters. The number of nitrogens with one attached hydrogen (secondary N) is 1. The van der Waals surface area contributed by atoms with Crippen molar-refractivity contribution in [3.05, 3.63) is 23.8 Å². The number of allylic oxidation sites excluding steroid dienone is 3. The van der Waals surface area contributed by atoms with Crippen molar-refractivity contribution in [1.29, 1.82) is 5.41 Å². The Morgan fingerprint density at radius 3 is 2.73 bits per heavy atom. The molecule has 0 aromatic carbocycles. The largest absolute Gasteiger partial charge is 0.305 e. The van der Waals surface area contributed by atoms with Crippen molar-refractivity contribution in [2.75, 3.05) is 0 Å². The number of hydrogen-bond donors (Lipinski definition) is 1. The van der Waals surface area contributed by atoms with Crippen molar-refractivity contribution in [3.63, 3.8) is 0 Å². The normalized spacial score (nSPS) is 24.0. The minimum atomic E-state index is 0.570. The fourth-order valence-electron chi connectivity index (χ4n) is 1.79. The van der Waals surface area contributed by atoms with Gasteiger partial charge in [-0.1, -0.05) is 19.6 Å². The third-order valence-electron chi connectivity index (χ3n) is 2.34. The Morgan fingerprint density at radius 1 is 1.73 bits per heavy atom. The summed E-state index contributed by atoms with van der Waals surface area (Å²) in [4.78, 5) is 0. The van der Waals surface area contributed by atoms with Gasteiger partial charge < -0.3 is 5.41 Å². The van der Waals surface area contributed by atoms with Gasteiger partial charge in [0.05, 0.1) is 0 Å². The van der Waals surface area contributed by atoms with Crippen LogP contribution < -0.4 is 0 Å². The van der Waals surface area contributed by atoms with Crippen LogP contribution in [0.15, 0.2) is 23.8 Å². The minimum absolute atomic E-state index is 0.570. The molecule has 0 saturated carbocycles. The van der Waals surface area contributed by atoms with Crippen LogP contribution in [0, 0.1) is 11.3 Å². The molecule has 0 aromatic heterocycles. The van der Waals surface area contributed by atoms with Crippen LogP contribution in [0.1, 0.15) is 26.7 Å². The second kappa shape index (κ2) is 3.04. The standard InChI is InChI=1S/C10H15N/c1-4-9-6-5-7(2)10(9)8(3)11/h4,7,11H,1,5-6H2,2-3H3. The van der Waals surface area contributed by atoms with E-state index in [9.17, 15) is 0 Å². The second-order valence-electron chi connectivity index (χ2n) is 3.21. The molecule has 0 amide bonds. The van der Waals surface area contributed by atoms with Gasteiger partial charge >= 0.3 is 0 Å². The van der Waals surface area contributed by atoms with E-state index >= 15 is 0 Å². The highest BCUT2D eigenvalue weighted by molar-refractivity contribution is 5.97. The lowest BCUT2D eigenvalue weighted by atomic mass is 9.99. The topological polar surface area (TPSA) is 23.9 Å². The summed E-state index contributed by atoms with van der Waals surface area (Å²) in [7, 11) is 0. The average Bonchev–Trinajstić information content (AvgIpc) is 2.30. The molecular weight excluding hydrogens is 134 g/mol. The van der Waals surface area contributed by atoms with Crippen LogP contribution in [0.3, 0.4) is 0 Å². The molecule has 60 valence electrons. The fraction of sp³-hybridized carbons (Fsp3) is 0.500. The van der Waals surface area contributed by atoms with Crippen LogP contribution >= 0.6 is 0 Å². The lowest BCUT2D eigenvalue weighted by Gasteiger charge is -2.07. The molecule has 1 rings (SSSR count). The zero-order chi connectivity index (χ0) is 8.43. The monoisotopic (exact) mass is 149 g/mol. The maximum Gasteiger partial charge on any atom is 0.0320 e. The molecule has 0 spiro atoms. The summed E-state index contributed by atoms with van der Waals surface area (Å²) in [5.74, 6) is 0.570. The summed E-state index contributed by atoms with van der Waals surface area (Å²) in [6.45, 7) is 7.80. The first-order chi connectivity index (χ1) is 5.16. The SMILES string of the molecule is C=CC1=C(C(C)=N)C(C)CC1. The van der Waals surface area contributed by atoms with Gasteiger partial charge in [-0.2, -0.15) is 0 Å². The Labute approximate surface area is 68.3 Å². The Hall–Kier alpha value is -0.850. The van der Waals surface area contributed by atoms with Gasteiger partial charge in [0.2, 0.25) is 0 Å². The van der Waals surface area contributed by atoms with Gasteiger partial charge in [-0.05, 0) is 36.8 Å². The molecule has 0 heterocycles. The van der Waals surface area contributed by atoms with Gasteiger partial charge in [-0.15, -0.1) is 0 Å². The predicted octanol–water partition coefficient (Wildman–Crippen LogP) is 2.94. The quantitative estimate of drug-likeness (QED) is 0.584. The van der Waals surface area contributed by atoms with E-state index in [0.717, 1.165) is 6.42 Å². The molecule has 0 aliphatic heterocycles. The molecule has 1 N–H and O–H groups in total. The number of rotatable bonds is 2. The van der Waals surface area contributed by atoms with Crippen LogP contribution in [0.4, 0.5) is 0 Å². The molecular formula is C10H15N. The van der Waals surface area contributed by atoms with Crippen molar-refractivity contribution in [2.45, 2.75) is 26.7 Å². The molecule has 0 fully saturated rings. The minimum Gasteiger partial charge on any atom is -0.305 e. The predicted molar refractivity (Wildman–Crippen MR) is 49.0 cm³/mol. The van der Waals surface area contributed by atoms with Crippen molar-refractivity contribution in [2.24, 2.45) is 5.92 Å². The zero-order valence-corrected chi connectivity index (χ0v) is 7.28. The highest BCUT2D eigenvalue weighted by Crippen LogP contribution is 2.32. The van der Waals surface area contributed by atoms with E-state index in [0.29, 0.717) is 11.6 Å². The molecule has 0 aromatic rings. The molecule has 0 bridgehead atoms. The lowest BCUT2D eigenvalue weighted by Crippen LogP contribution is -2.02. The van der Waals surface area contributed by atoms with Gasteiger partial charge in [-0.3, -0.25) is 0 Å². The highest BCUT2D eigenvalue weighted by atomic mass is 14.4. The summed E-state index contributed by atoms with van der Waals surface area (Å²) < 4.78 is 0. The van der Waals surface area contributed by atoms with Crippen molar-refractivity contribution < 1.29 is 0 Å². The Bertz CT molecular complexity index is 223. The maximum absolute atomic E-state index is 7.55. The number of hydrogen-bond acceptors (Lipinski definition) is 1. The van der Waals surface area contributed by atoms with E-state index in [1.807, 2.05) is 13.0 Å². The van der Waals surface area contributed by atoms with Crippen LogP contribution in [0.2, 0.25) is 0 Å². The maximum atomic E-state index is 7.55. The Balaban J connectivity index is 2.99. The lowest BCUT2D eigenvalue weighted by molar-refractivity contribution is 0.685. The third kappa shape index (κ3) is 1.42. The van der Waals surface area contributed by atoms with Crippen LogP contribution in [-0.2, 0) is 0 Å². The van der Waals surface area contributed by atoms with E-state index < -0.39 is 0 Å². The van der Waals surface area contributed by atoms with Crippen LogP contribution in [0.25, 0.3) is 0 Å². The molecule has 1 atom stereocenters. The van der Waals surface area contributed by atoms with E-state index in [2.05, 4.69) is 13.5 Å². The van der Waals surface area contributed by atoms with Crippen LogP contribution in [-0.4, -0.2) is 5.71 Å². The molecule has 1 aliphatic rings. The Kier molecular flexibility index (Phi) is 2.28. The van der Waals surface area contributed by atoms with Crippen LogP contribution in [0.5, 0.6) is 0 Å². The van der Waals surface area contributed by atoms with Gasteiger partial charge in [0, 0.05) is 5.71 Å². The highest BCUT2D eigenvalue weighted by Gasteiger charge is 2.20. The fourth-order valence-corrected chi connectivity index (χ4v) is 1.79. The van der Waals surface area contributed by atoms with Crippen molar-refractivity contribution in [1.82, 2.24) is 0 Å². The van der Waals surface area contributed by atoms with Crippen molar-refractivity contribution in [3.8, 4) is 0 Å². The van der Waals surface area contributed by atoms with Gasteiger partial charge in [0.15, 0.2) is 0 Å². The first-order valence-electron chi connectivity index (χ1n) is 4.07. The second-order valence-corrected chi connectivity index (χ2v) is 3.21. The Morgan fingerprint density at radius 2 is 2.36 bits per heavy atom. The summed E-state index contributed by atoms with van der Waals surface area (Å²) in [6, 6.07) is 0. The third-order valence-corrected chi connectivity index (χ3v) is 2.34. The molecule has 0 radical (unpaired) electrons. The van der Waals surface area contributed by atoms with Crippen molar-refractivity contribution >= 4 is 5.71 Å². The van der Waals surface area contributed by atoms with E-state index in [1.165, 1.54) is 17.6 Å². The van der Waals surface area contributed by atoms with Gasteiger partial charge in [0.25, 0.3) is 0 Å². The summed E-state index contributed by atoms with van der Waals surface area (Å²) in [5, 5.41) is 7.55. The first-order valence-corrected chi connectivity index (χ1v) is 4.07. The van der Waals surface area contributed by atoms with Gasteiger partial charge in [-0.25, -0.2) is 0 Å². The molecule has 1 nitrogen and oxygen atoms in total. The summed E-state index contributed by atoms with van der Waals surface area (Å²) >= 11 is 0. The molecule has 11 heavy (non-hydrogen) atoms. The first kappa shape index (κ1) is 8.25. The average molecular weight is 149 g/mol. The van der Waals surface area contributed by atoms with E-state index in [4.69, 9.17) is 5.41 Å². The van der Waals surface area contributed by atoms with E-state index in [1.54, 1.807) is 0 Å². The summed E-state index contributed by atoms with van der Waals surface area (Å²) in [6.07, 6.45) is 4.19. The van der Waals surface area contributed by atoms with E-state index in [-0.39, 0.29) is 0 Å². The molecule has 0 saturated heterocycles. The summed E-state index contributed by atoms with van der Waals surface area (Å²) in [5.41, 5.74) is 3.22.